The molecule has 0 spiro atoms. The predicted molar refractivity (Wildman–Crippen MR) is 70.0 cm³/mol. The maximum atomic E-state index is 13.8. The molecule has 0 saturated heterocycles. The lowest BCUT2D eigenvalue weighted by atomic mass is 9.99. The summed E-state index contributed by atoms with van der Waals surface area (Å²) in [4.78, 5) is 8.33. The number of fused-ring (bicyclic) bond motifs is 1. The Labute approximate surface area is 115 Å². The maximum Gasteiger partial charge on any atom is 0.135 e. The van der Waals surface area contributed by atoms with Crippen LogP contribution in [0, 0.1) is 11.6 Å². The lowest BCUT2D eigenvalue weighted by Crippen LogP contribution is -2.25. The van der Waals surface area contributed by atoms with E-state index in [2.05, 4.69) is 15.3 Å². The minimum absolute atomic E-state index is 0. The summed E-state index contributed by atoms with van der Waals surface area (Å²) in [7, 11) is 0. The molecule has 3 nitrogen and oxygen atoms in total. The van der Waals surface area contributed by atoms with Gasteiger partial charge in [-0.3, -0.25) is 0 Å². The average Bonchev–Trinajstić information content (AvgIpc) is 2.38. The number of hydrogen-bond acceptors (Lipinski definition) is 3. The molecular weight excluding hydrogens is 272 g/mol. The molecule has 2 heterocycles. The van der Waals surface area contributed by atoms with Crippen molar-refractivity contribution >= 4 is 12.4 Å². The SMILES string of the molecule is Cl.Fc1ccc(-c2ncnc3c2CCNC3)c(F)c1. The third-order valence-corrected chi connectivity index (χ3v) is 3.07. The second-order valence-electron chi connectivity index (χ2n) is 4.20. The van der Waals surface area contributed by atoms with Gasteiger partial charge < -0.3 is 5.32 Å². The van der Waals surface area contributed by atoms with Crippen LogP contribution in [0.1, 0.15) is 11.3 Å². The molecule has 0 fully saturated rings. The molecule has 0 radical (unpaired) electrons. The summed E-state index contributed by atoms with van der Waals surface area (Å²) < 4.78 is 26.7. The molecule has 0 atom stereocenters. The van der Waals surface area contributed by atoms with Crippen LogP contribution in [0.5, 0.6) is 0 Å². The summed E-state index contributed by atoms with van der Waals surface area (Å²) in [6.07, 6.45) is 2.17. The molecule has 0 saturated carbocycles. The van der Waals surface area contributed by atoms with Crippen LogP contribution in [0.2, 0.25) is 0 Å². The monoisotopic (exact) mass is 283 g/mol. The van der Waals surface area contributed by atoms with Gasteiger partial charge in [-0.15, -0.1) is 12.4 Å². The van der Waals surface area contributed by atoms with Crippen molar-refractivity contribution in [3.05, 3.63) is 47.4 Å². The van der Waals surface area contributed by atoms with E-state index < -0.39 is 11.6 Å². The summed E-state index contributed by atoms with van der Waals surface area (Å²) in [6.45, 7) is 1.48. The summed E-state index contributed by atoms with van der Waals surface area (Å²) >= 11 is 0. The van der Waals surface area contributed by atoms with E-state index in [9.17, 15) is 8.78 Å². The molecule has 1 aromatic carbocycles. The van der Waals surface area contributed by atoms with E-state index in [1.54, 1.807) is 0 Å². The van der Waals surface area contributed by atoms with Crippen LogP contribution in [-0.4, -0.2) is 16.5 Å². The van der Waals surface area contributed by atoms with Gasteiger partial charge in [0.15, 0.2) is 0 Å². The Morgan fingerprint density at radius 1 is 1.16 bits per heavy atom. The van der Waals surface area contributed by atoms with Gasteiger partial charge >= 0.3 is 0 Å². The molecule has 6 heteroatoms. The number of aromatic nitrogens is 2. The highest BCUT2D eigenvalue weighted by Gasteiger charge is 2.18. The molecule has 1 aliphatic heterocycles. The van der Waals surface area contributed by atoms with Gasteiger partial charge in [-0.25, -0.2) is 18.7 Å². The van der Waals surface area contributed by atoms with Crippen LogP contribution in [0.15, 0.2) is 24.5 Å². The first-order valence-corrected chi connectivity index (χ1v) is 5.74. The first-order chi connectivity index (χ1) is 8.75. The topological polar surface area (TPSA) is 37.8 Å². The van der Waals surface area contributed by atoms with E-state index in [1.807, 2.05) is 0 Å². The molecule has 0 amide bonds. The van der Waals surface area contributed by atoms with Crippen molar-refractivity contribution in [3.63, 3.8) is 0 Å². The Morgan fingerprint density at radius 3 is 2.79 bits per heavy atom. The van der Waals surface area contributed by atoms with Crippen LogP contribution in [0.4, 0.5) is 8.78 Å². The van der Waals surface area contributed by atoms with Crippen molar-refractivity contribution in [1.82, 2.24) is 15.3 Å². The molecule has 2 aromatic rings. The number of hydrogen-bond donors (Lipinski definition) is 1. The van der Waals surface area contributed by atoms with E-state index in [0.717, 1.165) is 30.3 Å². The first kappa shape index (κ1) is 13.8. The summed E-state index contributed by atoms with van der Waals surface area (Å²) in [5.41, 5.74) is 2.73. The van der Waals surface area contributed by atoms with Gasteiger partial charge in [0.05, 0.1) is 11.4 Å². The number of nitrogens with zero attached hydrogens (tertiary/aromatic N) is 2. The normalized spacial score (nSPS) is 13.6. The average molecular weight is 284 g/mol. The fourth-order valence-electron chi connectivity index (χ4n) is 2.20. The highest BCUT2D eigenvalue weighted by Crippen LogP contribution is 2.27. The van der Waals surface area contributed by atoms with Crippen LogP contribution in [0.25, 0.3) is 11.3 Å². The fourth-order valence-corrected chi connectivity index (χ4v) is 2.20. The van der Waals surface area contributed by atoms with Crippen molar-refractivity contribution in [1.29, 1.82) is 0 Å². The molecule has 0 aliphatic carbocycles. The van der Waals surface area contributed by atoms with Gasteiger partial charge in [0.1, 0.15) is 18.0 Å². The zero-order valence-electron chi connectivity index (χ0n) is 9.99. The zero-order chi connectivity index (χ0) is 12.5. The number of benzene rings is 1. The molecule has 100 valence electrons. The van der Waals surface area contributed by atoms with Crippen molar-refractivity contribution in [2.75, 3.05) is 6.54 Å². The van der Waals surface area contributed by atoms with Crippen molar-refractivity contribution in [3.8, 4) is 11.3 Å². The van der Waals surface area contributed by atoms with Crippen LogP contribution < -0.4 is 5.32 Å². The van der Waals surface area contributed by atoms with Gasteiger partial charge in [-0.05, 0) is 25.1 Å². The molecule has 0 unspecified atom stereocenters. The number of nitrogens with one attached hydrogen (secondary N) is 1. The molecule has 1 N–H and O–H groups in total. The van der Waals surface area contributed by atoms with Crippen LogP contribution >= 0.6 is 12.4 Å². The van der Waals surface area contributed by atoms with E-state index in [-0.39, 0.29) is 12.4 Å². The van der Waals surface area contributed by atoms with Crippen LogP contribution in [0.3, 0.4) is 0 Å². The van der Waals surface area contributed by atoms with Gasteiger partial charge in [0.2, 0.25) is 0 Å². The van der Waals surface area contributed by atoms with Gasteiger partial charge in [-0.1, -0.05) is 0 Å². The highest BCUT2D eigenvalue weighted by molar-refractivity contribution is 5.85. The fraction of sp³-hybridized carbons (Fsp3) is 0.231. The van der Waals surface area contributed by atoms with E-state index >= 15 is 0 Å². The van der Waals surface area contributed by atoms with Crippen LogP contribution in [-0.2, 0) is 13.0 Å². The summed E-state index contributed by atoms with van der Waals surface area (Å²) in [6, 6.07) is 3.55. The first-order valence-electron chi connectivity index (χ1n) is 5.74. The predicted octanol–water partition coefficient (Wildman–Crippen LogP) is 2.49. The smallest absolute Gasteiger partial charge is 0.135 e. The quantitative estimate of drug-likeness (QED) is 0.874. The Balaban J connectivity index is 0.00000133. The number of halogens is 3. The second kappa shape index (κ2) is 5.59. The minimum Gasteiger partial charge on any atom is -0.311 e. The lowest BCUT2D eigenvalue weighted by molar-refractivity contribution is 0.584. The van der Waals surface area contributed by atoms with E-state index in [0.29, 0.717) is 17.8 Å². The molecular formula is C13H12ClF2N3. The largest absolute Gasteiger partial charge is 0.311 e. The highest BCUT2D eigenvalue weighted by atomic mass is 35.5. The summed E-state index contributed by atoms with van der Waals surface area (Å²) in [5.74, 6) is -1.17. The third-order valence-electron chi connectivity index (χ3n) is 3.07. The zero-order valence-corrected chi connectivity index (χ0v) is 10.8. The van der Waals surface area contributed by atoms with Gasteiger partial charge in [-0.2, -0.15) is 0 Å². The van der Waals surface area contributed by atoms with E-state index in [1.165, 1.54) is 18.5 Å². The molecule has 1 aromatic heterocycles. The Morgan fingerprint density at radius 2 is 2.00 bits per heavy atom. The molecule has 19 heavy (non-hydrogen) atoms. The summed E-state index contributed by atoms with van der Waals surface area (Å²) in [5, 5.41) is 3.20. The van der Waals surface area contributed by atoms with Gasteiger partial charge in [0, 0.05) is 23.7 Å². The van der Waals surface area contributed by atoms with E-state index in [4.69, 9.17) is 0 Å². The van der Waals surface area contributed by atoms with Crippen molar-refractivity contribution < 1.29 is 8.78 Å². The lowest BCUT2D eigenvalue weighted by Gasteiger charge is -2.18. The number of rotatable bonds is 1. The molecule has 1 aliphatic rings. The molecule has 0 bridgehead atoms. The maximum absolute atomic E-state index is 13.8. The second-order valence-corrected chi connectivity index (χ2v) is 4.20. The van der Waals surface area contributed by atoms with Crippen molar-refractivity contribution in [2.45, 2.75) is 13.0 Å². The third kappa shape index (κ3) is 2.57. The standard InChI is InChI=1S/C13H11F2N3.ClH/c14-8-1-2-9(11(15)5-8)13-10-3-4-16-6-12(10)17-7-18-13;/h1-2,5,7,16H,3-4,6H2;1H. The minimum atomic E-state index is -0.588. The molecule has 3 rings (SSSR count). The Bertz CT molecular complexity index is 604. The van der Waals surface area contributed by atoms with Gasteiger partial charge in [0.25, 0.3) is 0 Å². The van der Waals surface area contributed by atoms with Crippen molar-refractivity contribution in [2.24, 2.45) is 0 Å². The Kier molecular flexibility index (Phi) is 4.07. The Hall–Kier alpha value is -1.59.